The number of rotatable bonds is 7. The second-order valence-electron chi connectivity index (χ2n) is 9.77. The maximum atomic E-state index is 14.0. The molecule has 0 spiro atoms. The molecular weight excluding hydrogens is 437 g/mol. The number of ketones is 1. The molecule has 2 fully saturated rings. The Morgan fingerprint density at radius 3 is 2.32 bits per heavy atom. The number of aromatic nitrogens is 1. The van der Waals surface area contributed by atoms with Crippen molar-refractivity contribution < 1.29 is 23.9 Å². The smallest absolute Gasteiger partial charge is 0.301 e. The Morgan fingerprint density at radius 2 is 1.76 bits per heavy atom. The number of carbonyl (C=O) groups is 3. The van der Waals surface area contributed by atoms with Crippen LogP contribution in [0.5, 0.6) is 0 Å². The zero-order valence-corrected chi connectivity index (χ0v) is 19.9. The number of hydrogen-bond donors (Lipinski definition) is 2. The molecule has 4 rings (SSSR count). The van der Waals surface area contributed by atoms with Crippen LogP contribution in [-0.4, -0.2) is 39.4 Å². The van der Waals surface area contributed by atoms with Gasteiger partial charge in [0.15, 0.2) is 0 Å². The lowest BCUT2D eigenvalue weighted by Crippen LogP contribution is -2.47. The molecule has 1 aromatic heterocycles. The Balaban J connectivity index is 1.75. The number of nitrogens with two attached hydrogens (primary N) is 1. The normalized spacial score (nSPS) is 20.3. The van der Waals surface area contributed by atoms with Gasteiger partial charge in [-0.2, -0.15) is 0 Å². The van der Waals surface area contributed by atoms with Gasteiger partial charge in [0.05, 0.1) is 17.4 Å². The molecule has 1 heterocycles. The SMILES string of the molecule is Cc1cc(N(C(=O)C(=O)c2c(C)c(C(N)=O)c(CC3CC3)n2C)C2CCC(O)CC2)ccc1F. The van der Waals surface area contributed by atoms with Gasteiger partial charge < -0.3 is 20.3 Å². The van der Waals surface area contributed by atoms with Crippen molar-refractivity contribution in [2.45, 2.75) is 70.9 Å². The van der Waals surface area contributed by atoms with Crippen molar-refractivity contribution in [3.63, 3.8) is 0 Å². The minimum atomic E-state index is -0.731. The molecule has 0 atom stereocenters. The summed E-state index contributed by atoms with van der Waals surface area (Å²) in [6.45, 7) is 3.26. The van der Waals surface area contributed by atoms with Crippen molar-refractivity contribution in [3.05, 3.63) is 52.1 Å². The molecule has 0 aliphatic heterocycles. The van der Waals surface area contributed by atoms with E-state index < -0.39 is 29.5 Å². The Labute approximate surface area is 198 Å². The van der Waals surface area contributed by atoms with E-state index in [4.69, 9.17) is 5.73 Å². The molecule has 0 saturated heterocycles. The van der Waals surface area contributed by atoms with Crippen LogP contribution < -0.4 is 10.6 Å². The van der Waals surface area contributed by atoms with Gasteiger partial charge in [0.1, 0.15) is 5.82 Å². The van der Waals surface area contributed by atoms with Crippen molar-refractivity contribution in [1.82, 2.24) is 4.57 Å². The first-order chi connectivity index (χ1) is 16.1. The van der Waals surface area contributed by atoms with E-state index in [2.05, 4.69) is 0 Å². The van der Waals surface area contributed by atoms with Crippen LogP contribution in [-0.2, 0) is 18.3 Å². The summed E-state index contributed by atoms with van der Waals surface area (Å²) in [7, 11) is 1.70. The third-order valence-corrected chi connectivity index (χ3v) is 7.26. The standard InChI is InChI=1S/C26H32FN3O4/c1-14-12-18(8-11-20(14)27)30(17-6-9-19(31)10-7-17)26(34)24(32)23-15(2)22(25(28)33)21(29(23)3)13-16-4-5-16/h8,11-12,16-17,19,31H,4-7,9-10,13H2,1-3H3,(H2,28,33). The fourth-order valence-electron chi connectivity index (χ4n) is 5.17. The average Bonchev–Trinajstić information content (AvgIpc) is 3.56. The van der Waals surface area contributed by atoms with Gasteiger partial charge in [0.25, 0.3) is 11.7 Å². The van der Waals surface area contributed by atoms with Crippen LogP contribution in [0.1, 0.15) is 76.2 Å². The van der Waals surface area contributed by atoms with E-state index in [9.17, 15) is 23.9 Å². The van der Waals surface area contributed by atoms with Crippen molar-refractivity contribution in [3.8, 4) is 0 Å². The van der Waals surface area contributed by atoms with Crippen molar-refractivity contribution in [2.75, 3.05) is 4.90 Å². The van der Waals surface area contributed by atoms with Gasteiger partial charge in [-0.3, -0.25) is 14.4 Å². The Morgan fingerprint density at radius 1 is 1.12 bits per heavy atom. The average molecular weight is 470 g/mol. The summed E-state index contributed by atoms with van der Waals surface area (Å²) < 4.78 is 15.6. The number of primary amides is 1. The van der Waals surface area contributed by atoms with Gasteiger partial charge in [-0.15, -0.1) is 0 Å². The zero-order valence-electron chi connectivity index (χ0n) is 19.9. The number of benzene rings is 1. The van der Waals surface area contributed by atoms with Crippen LogP contribution >= 0.6 is 0 Å². The van der Waals surface area contributed by atoms with E-state index in [1.165, 1.54) is 17.0 Å². The summed E-state index contributed by atoms with van der Waals surface area (Å²) in [5.74, 6) is -2.00. The molecule has 3 N–H and O–H groups in total. The van der Waals surface area contributed by atoms with Crippen molar-refractivity contribution in [1.29, 1.82) is 0 Å². The highest BCUT2D eigenvalue weighted by molar-refractivity contribution is 6.47. The second kappa shape index (κ2) is 9.33. The lowest BCUT2D eigenvalue weighted by Gasteiger charge is -2.35. The summed E-state index contributed by atoms with van der Waals surface area (Å²) in [6.07, 6.45) is 4.43. The Hall–Kier alpha value is -3.00. The Kier molecular flexibility index (Phi) is 6.62. The van der Waals surface area contributed by atoms with Crippen LogP contribution in [0, 0.1) is 25.6 Å². The number of hydrogen-bond acceptors (Lipinski definition) is 4. The predicted molar refractivity (Wildman–Crippen MR) is 126 cm³/mol. The largest absolute Gasteiger partial charge is 0.393 e. The number of anilines is 1. The molecule has 2 aromatic rings. The molecular formula is C26H32FN3O4. The molecule has 182 valence electrons. The summed E-state index contributed by atoms with van der Waals surface area (Å²) in [5.41, 5.74) is 8.06. The zero-order chi connectivity index (χ0) is 24.7. The predicted octanol–water partition coefficient (Wildman–Crippen LogP) is 3.35. The first-order valence-corrected chi connectivity index (χ1v) is 11.9. The number of Topliss-reactive ketones (excluding diaryl/α,β-unsaturated/α-hetero) is 1. The molecule has 2 aliphatic rings. The number of aliphatic hydroxyl groups is 1. The number of aryl methyl sites for hydroxylation is 1. The van der Waals surface area contributed by atoms with Gasteiger partial charge in [-0.05, 0) is 94.0 Å². The van der Waals surface area contributed by atoms with E-state index in [-0.39, 0.29) is 11.7 Å². The minimum Gasteiger partial charge on any atom is -0.393 e. The maximum Gasteiger partial charge on any atom is 0.301 e. The van der Waals surface area contributed by atoms with Crippen molar-refractivity contribution >= 4 is 23.3 Å². The molecule has 2 amide bonds. The molecule has 2 aliphatic carbocycles. The maximum absolute atomic E-state index is 14.0. The molecule has 1 aromatic carbocycles. The topological polar surface area (TPSA) is 106 Å². The lowest BCUT2D eigenvalue weighted by atomic mass is 9.91. The number of halogens is 1. The number of carbonyl (C=O) groups excluding carboxylic acids is 3. The van der Waals surface area contributed by atoms with E-state index in [1.54, 1.807) is 31.5 Å². The van der Waals surface area contributed by atoms with Gasteiger partial charge in [0, 0.05) is 24.5 Å². The van der Waals surface area contributed by atoms with Gasteiger partial charge in [-0.1, -0.05) is 0 Å². The van der Waals surface area contributed by atoms with E-state index in [0.717, 1.165) is 12.8 Å². The highest BCUT2D eigenvalue weighted by atomic mass is 19.1. The van der Waals surface area contributed by atoms with Crippen LogP contribution in [0.15, 0.2) is 18.2 Å². The number of amides is 2. The van der Waals surface area contributed by atoms with Gasteiger partial charge in [-0.25, -0.2) is 4.39 Å². The second-order valence-corrected chi connectivity index (χ2v) is 9.77. The van der Waals surface area contributed by atoms with Crippen LogP contribution in [0.3, 0.4) is 0 Å². The van der Waals surface area contributed by atoms with E-state index in [0.29, 0.717) is 66.1 Å². The van der Waals surface area contributed by atoms with Crippen LogP contribution in [0.25, 0.3) is 0 Å². The molecule has 7 nitrogen and oxygen atoms in total. The van der Waals surface area contributed by atoms with Crippen LogP contribution in [0.2, 0.25) is 0 Å². The molecule has 0 radical (unpaired) electrons. The molecule has 0 unspecified atom stereocenters. The van der Waals surface area contributed by atoms with Crippen LogP contribution in [0.4, 0.5) is 10.1 Å². The lowest BCUT2D eigenvalue weighted by molar-refractivity contribution is -0.115. The first kappa shape index (κ1) is 24.1. The van der Waals surface area contributed by atoms with E-state index in [1.807, 2.05) is 0 Å². The third kappa shape index (κ3) is 4.51. The fourth-order valence-corrected chi connectivity index (χ4v) is 5.17. The Bertz CT molecular complexity index is 1140. The molecule has 34 heavy (non-hydrogen) atoms. The molecule has 0 bridgehead atoms. The molecule has 8 heteroatoms. The summed E-state index contributed by atoms with van der Waals surface area (Å²) in [4.78, 5) is 41.1. The summed E-state index contributed by atoms with van der Waals surface area (Å²) >= 11 is 0. The summed E-state index contributed by atoms with van der Waals surface area (Å²) in [5, 5.41) is 9.95. The van der Waals surface area contributed by atoms with Gasteiger partial charge in [0.2, 0.25) is 0 Å². The first-order valence-electron chi connectivity index (χ1n) is 11.9. The highest BCUT2D eigenvalue weighted by Crippen LogP contribution is 2.36. The molecule has 2 saturated carbocycles. The third-order valence-electron chi connectivity index (χ3n) is 7.26. The quantitative estimate of drug-likeness (QED) is 0.479. The van der Waals surface area contributed by atoms with Gasteiger partial charge >= 0.3 is 5.91 Å². The summed E-state index contributed by atoms with van der Waals surface area (Å²) in [6, 6.07) is 4.06. The van der Waals surface area contributed by atoms with Crippen molar-refractivity contribution in [2.24, 2.45) is 18.7 Å². The van der Waals surface area contributed by atoms with E-state index >= 15 is 0 Å². The number of nitrogens with zero attached hydrogens (tertiary/aromatic N) is 2. The monoisotopic (exact) mass is 469 g/mol. The minimum absolute atomic E-state index is 0.161. The fraction of sp³-hybridized carbons (Fsp3) is 0.500. The number of aliphatic hydroxyl groups excluding tert-OH is 1. The highest BCUT2D eigenvalue weighted by Gasteiger charge is 2.37.